The molecule has 1 atom stereocenters. The van der Waals surface area contributed by atoms with E-state index in [1.165, 1.54) is 0 Å². The fraction of sp³-hybridized carbons (Fsp3) is 0.235. The number of carbonyl (C=O) groups excluding carboxylic acids is 1. The molecule has 1 unspecified atom stereocenters. The summed E-state index contributed by atoms with van der Waals surface area (Å²) in [5.41, 5.74) is 3.13. The van der Waals surface area contributed by atoms with Crippen molar-refractivity contribution in [3.63, 3.8) is 0 Å². The first-order valence-corrected chi connectivity index (χ1v) is 6.90. The first-order valence-electron chi connectivity index (χ1n) is 6.90. The Balaban J connectivity index is 1.77. The highest BCUT2D eigenvalue weighted by molar-refractivity contribution is 5.90. The maximum atomic E-state index is 11.9. The van der Waals surface area contributed by atoms with Gasteiger partial charge in [-0.05, 0) is 23.3 Å². The molecule has 2 aromatic carbocycles. The van der Waals surface area contributed by atoms with Crippen LogP contribution in [0.1, 0.15) is 0 Å². The van der Waals surface area contributed by atoms with Crippen LogP contribution in [0.3, 0.4) is 0 Å². The minimum Gasteiger partial charge on any atom is -0.441 e. The molecular formula is C17H17NO3. The van der Waals surface area contributed by atoms with E-state index in [0.717, 1.165) is 16.8 Å². The molecule has 2 aromatic rings. The van der Waals surface area contributed by atoms with Gasteiger partial charge < -0.3 is 9.47 Å². The summed E-state index contributed by atoms with van der Waals surface area (Å²) in [7, 11) is 1.60. The smallest absolute Gasteiger partial charge is 0.414 e. The van der Waals surface area contributed by atoms with Crippen molar-refractivity contribution in [2.75, 3.05) is 25.2 Å². The van der Waals surface area contributed by atoms with Crippen molar-refractivity contribution < 1.29 is 14.3 Å². The van der Waals surface area contributed by atoms with Gasteiger partial charge in [-0.15, -0.1) is 0 Å². The number of amides is 1. The summed E-state index contributed by atoms with van der Waals surface area (Å²) >= 11 is 0. The molecule has 1 fully saturated rings. The van der Waals surface area contributed by atoms with Gasteiger partial charge in [0.25, 0.3) is 0 Å². The lowest BCUT2D eigenvalue weighted by atomic mass is 10.1. The predicted octanol–water partition coefficient (Wildman–Crippen LogP) is 3.33. The molecule has 4 heteroatoms. The number of nitrogens with zero attached hydrogens (tertiary/aromatic N) is 1. The molecule has 0 aliphatic carbocycles. The second-order valence-electron chi connectivity index (χ2n) is 4.98. The Hall–Kier alpha value is -2.33. The van der Waals surface area contributed by atoms with Crippen LogP contribution in [0.25, 0.3) is 11.1 Å². The molecule has 1 aliphatic rings. The fourth-order valence-corrected chi connectivity index (χ4v) is 2.47. The molecule has 0 N–H and O–H groups in total. The highest BCUT2D eigenvalue weighted by Gasteiger charge is 2.32. The van der Waals surface area contributed by atoms with Crippen LogP contribution in [0.5, 0.6) is 0 Å². The number of rotatable bonds is 4. The summed E-state index contributed by atoms with van der Waals surface area (Å²) in [6, 6.07) is 18.1. The quantitative estimate of drug-likeness (QED) is 0.864. The molecule has 0 aromatic heterocycles. The summed E-state index contributed by atoms with van der Waals surface area (Å²) in [6.45, 7) is 0.946. The van der Waals surface area contributed by atoms with E-state index < -0.39 is 0 Å². The summed E-state index contributed by atoms with van der Waals surface area (Å²) in [4.78, 5) is 13.5. The third-order valence-electron chi connectivity index (χ3n) is 3.51. The Morgan fingerprint density at radius 3 is 2.43 bits per heavy atom. The van der Waals surface area contributed by atoms with Crippen molar-refractivity contribution in [1.82, 2.24) is 0 Å². The predicted molar refractivity (Wildman–Crippen MR) is 81.4 cm³/mol. The maximum absolute atomic E-state index is 11.9. The summed E-state index contributed by atoms with van der Waals surface area (Å²) < 4.78 is 10.3. The average Bonchev–Trinajstić information content (AvgIpc) is 2.89. The normalized spacial score (nSPS) is 17.9. The number of hydrogen-bond donors (Lipinski definition) is 0. The van der Waals surface area contributed by atoms with E-state index in [2.05, 4.69) is 12.1 Å². The first-order chi connectivity index (χ1) is 10.3. The molecule has 108 valence electrons. The third kappa shape index (κ3) is 2.90. The van der Waals surface area contributed by atoms with Gasteiger partial charge in [0.05, 0.1) is 13.2 Å². The van der Waals surface area contributed by atoms with E-state index in [9.17, 15) is 4.79 Å². The number of ether oxygens (including phenoxy) is 2. The van der Waals surface area contributed by atoms with Gasteiger partial charge in [-0.1, -0.05) is 42.5 Å². The molecule has 0 radical (unpaired) electrons. The van der Waals surface area contributed by atoms with Crippen LogP contribution < -0.4 is 4.90 Å². The van der Waals surface area contributed by atoms with Crippen molar-refractivity contribution in [3.05, 3.63) is 54.6 Å². The van der Waals surface area contributed by atoms with E-state index in [0.29, 0.717) is 13.2 Å². The van der Waals surface area contributed by atoms with Gasteiger partial charge in [-0.2, -0.15) is 0 Å². The Bertz CT molecular complexity index is 610. The lowest BCUT2D eigenvalue weighted by molar-refractivity contribution is 0.0718. The van der Waals surface area contributed by atoms with Crippen LogP contribution in [0.2, 0.25) is 0 Å². The van der Waals surface area contributed by atoms with Crippen LogP contribution >= 0.6 is 0 Å². The standard InChI is InChI=1S/C17H17NO3/c1-20-12-16-11-18(17(19)21-16)15-9-7-14(8-10-15)13-5-3-2-4-6-13/h2-10,16H,11-12H2,1H3. The molecule has 21 heavy (non-hydrogen) atoms. The summed E-state index contributed by atoms with van der Waals surface area (Å²) in [5.74, 6) is 0. The van der Waals surface area contributed by atoms with Crippen LogP contribution in [0.4, 0.5) is 10.5 Å². The average molecular weight is 283 g/mol. The summed E-state index contributed by atoms with van der Waals surface area (Å²) in [6.07, 6.45) is -0.513. The molecule has 0 spiro atoms. The second-order valence-corrected chi connectivity index (χ2v) is 4.98. The first kappa shape index (κ1) is 13.6. The van der Waals surface area contributed by atoms with Crippen LogP contribution in [-0.2, 0) is 9.47 Å². The molecule has 1 amide bonds. The van der Waals surface area contributed by atoms with E-state index in [1.807, 2.05) is 42.5 Å². The van der Waals surface area contributed by atoms with E-state index >= 15 is 0 Å². The van der Waals surface area contributed by atoms with Crippen molar-refractivity contribution >= 4 is 11.8 Å². The molecule has 4 nitrogen and oxygen atoms in total. The topological polar surface area (TPSA) is 38.8 Å². The third-order valence-corrected chi connectivity index (χ3v) is 3.51. The largest absolute Gasteiger partial charge is 0.441 e. The van der Waals surface area contributed by atoms with Gasteiger partial charge in [-0.3, -0.25) is 4.90 Å². The molecular weight excluding hydrogens is 266 g/mol. The maximum Gasteiger partial charge on any atom is 0.414 e. The van der Waals surface area contributed by atoms with Crippen molar-refractivity contribution in [1.29, 1.82) is 0 Å². The second kappa shape index (κ2) is 5.97. The van der Waals surface area contributed by atoms with Gasteiger partial charge in [0.1, 0.15) is 6.10 Å². The Kier molecular flexibility index (Phi) is 3.88. The van der Waals surface area contributed by atoms with Crippen LogP contribution in [-0.4, -0.2) is 32.5 Å². The SMILES string of the molecule is COCC1CN(c2ccc(-c3ccccc3)cc2)C(=O)O1. The molecule has 1 heterocycles. The minimum absolute atomic E-state index is 0.198. The Morgan fingerprint density at radius 2 is 1.76 bits per heavy atom. The number of benzene rings is 2. The van der Waals surface area contributed by atoms with Gasteiger partial charge in [0.15, 0.2) is 0 Å². The van der Waals surface area contributed by atoms with E-state index in [4.69, 9.17) is 9.47 Å². The summed E-state index contributed by atoms with van der Waals surface area (Å²) in [5, 5.41) is 0. The van der Waals surface area contributed by atoms with Gasteiger partial charge in [-0.25, -0.2) is 4.79 Å². The molecule has 1 aliphatic heterocycles. The zero-order valence-electron chi connectivity index (χ0n) is 11.9. The van der Waals surface area contributed by atoms with Gasteiger partial charge in [0.2, 0.25) is 0 Å². The van der Waals surface area contributed by atoms with Gasteiger partial charge in [0, 0.05) is 12.8 Å². The fourth-order valence-electron chi connectivity index (χ4n) is 2.47. The number of anilines is 1. The minimum atomic E-state index is -0.315. The zero-order valence-corrected chi connectivity index (χ0v) is 11.9. The van der Waals surface area contributed by atoms with Crippen molar-refractivity contribution in [3.8, 4) is 11.1 Å². The molecule has 0 bridgehead atoms. The Morgan fingerprint density at radius 1 is 1.10 bits per heavy atom. The number of methoxy groups -OCH3 is 1. The molecule has 0 saturated carbocycles. The van der Waals surface area contributed by atoms with Crippen molar-refractivity contribution in [2.24, 2.45) is 0 Å². The van der Waals surface area contributed by atoms with E-state index in [1.54, 1.807) is 12.0 Å². The zero-order chi connectivity index (χ0) is 14.7. The number of carbonyl (C=O) groups is 1. The van der Waals surface area contributed by atoms with Gasteiger partial charge >= 0.3 is 6.09 Å². The van der Waals surface area contributed by atoms with Crippen LogP contribution in [0, 0.1) is 0 Å². The highest BCUT2D eigenvalue weighted by Crippen LogP contribution is 2.26. The lowest BCUT2D eigenvalue weighted by Crippen LogP contribution is -2.25. The van der Waals surface area contributed by atoms with E-state index in [-0.39, 0.29) is 12.2 Å². The highest BCUT2D eigenvalue weighted by atomic mass is 16.6. The monoisotopic (exact) mass is 283 g/mol. The molecule has 1 saturated heterocycles. The Labute approximate surface area is 123 Å². The van der Waals surface area contributed by atoms with Crippen molar-refractivity contribution in [2.45, 2.75) is 6.10 Å². The lowest BCUT2D eigenvalue weighted by Gasteiger charge is -2.13. The number of cyclic esters (lactones) is 1. The number of hydrogen-bond acceptors (Lipinski definition) is 3. The molecule has 3 rings (SSSR count). The van der Waals surface area contributed by atoms with Crippen LogP contribution in [0.15, 0.2) is 54.6 Å².